The number of aliphatic imine (C=N–C) groups is 3. The van der Waals surface area contributed by atoms with Crippen LogP contribution in [-0.4, -0.2) is 71.6 Å². The Balaban J connectivity index is 0.00000817. The van der Waals surface area contributed by atoms with Crippen LogP contribution in [0.1, 0.15) is 139 Å². The number of ketones is 1. The summed E-state index contributed by atoms with van der Waals surface area (Å²) in [5, 5.41) is 16.2. The molecular weight excluding hydrogens is 837 g/mol. The number of methoxy groups -OCH3 is 1. The topological polar surface area (TPSA) is 142 Å². The number of carbonyl (C=O) groups excluding carboxylic acids is 3. The zero-order valence-electron chi connectivity index (χ0n) is 41.3. The summed E-state index contributed by atoms with van der Waals surface area (Å²) < 4.78 is 11.0. The van der Waals surface area contributed by atoms with Gasteiger partial charge in [-0.3, -0.25) is 14.4 Å². The van der Waals surface area contributed by atoms with E-state index in [2.05, 4.69) is 53.4 Å². The molecule has 1 saturated carbocycles. The molecule has 0 aromatic rings. The molecule has 0 aromatic carbocycles. The second-order valence-corrected chi connectivity index (χ2v) is 19.4. The molecule has 0 spiro atoms. The molecule has 1 N–H and O–H groups in total. The number of Topliss-reactive ketones (excluding diaryl/α,β-unsaturated/α-hetero) is 1. The van der Waals surface area contributed by atoms with Crippen molar-refractivity contribution >= 4 is 57.9 Å². The Morgan fingerprint density at radius 3 is 2.23 bits per heavy atom. The van der Waals surface area contributed by atoms with Gasteiger partial charge in [0.05, 0.1) is 41.3 Å². The minimum atomic E-state index is -1.24. The van der Waals surface area contributed by atoms with E-state index in [1.807, 2.05) is 45.1 Å². The molecule has 0 amide bonds. The van der Waals surface area contributed by atoms with E-state index in [1.165, 1.54) is 57.6 Å². The van der Waals surface area contributed by atoms with Crippen molar-refractivity contribution in [1.29, 1.82) is 0 Å². The Labute approximate surface area is 410 Å². The predicted molar refractivity (Wildman–Crippen MR) is 265 cm³/mol. The zero-order valence-corrected chi connectivity index (χ0v) is 42.7. The number of fused-ring (bicyclic) bond motifs is 5. The Kier molecular flexibility index (Phi) is 18.6. The van der Waals surface area contributed by atoms with E-state index in [0.29, 0.717) is 81.0 Å². The molecule has 8 bridgehead atoms. The quantitative estimate of drug-likeness (QED) is 0.0421. The summed E-state index contributed by atoms with van der Waals surface area (Å²) in [6, 6.07) is 0. The van der Waals surface area contributed by atoms with Crippen LogP contribution in [0, 0.1) is 35.5 Å². The molecule has 6 rings (SSSR count). The minimum absolute atomic E-state index is 0. The molecular formula is C55H71MgN4O6+. The van der Waals surface area contributed by atoms with Gasteiger partial charge in [-0.15, -0.1) is 6.26 Å². The number of esters is 2. The Morgan fingerprint density at radius 1 is 0.909 bits per heavy atom. The third-order valence-corrected chi connectivity index (χ3v) is 14.2. The van der Waals surface area contributed by atoms with E-state index in [0.717, 1.165) is 53.4 Å². The van der Waals surface area contributed by atoms with Crippen molar-refractivity contribution < 1.29 is 29.0 Å². The molecule has 5 aliphatic heterocycles. The first-order chi connectivity index (χ1) is 31.1. The fourth-order valence-corrected chi connectivity index (χ4v) is 10.1. The van der Waals surface area contributed by atoms with Gasteiger partial charge in [-0.25, -0.2) is 15.0 Å². The maximum Gasteiger partial charge on any atom is 2.00 e. The molecule has 66 heavy (non-hydrogen) atoms. The van der Waals surface area contributed by atoms with Crippen LogP contribution >= 0.6 is 0 Å². The molecule has 0 aromatic heterocycles. The summed E-state index contributed by atoms with van der Waals surface area (Å²) in [4.78, 5) is 56.4. The van der Waals surface area contributed by atoms with Crippen LogP contribution in [0.5, 0.6) is 0 Å². The van der Waals surface area contributed by atoms with Gasteiger partial charge in [-0.2, -0.15) is 0 Å². The van der Waals surface area contributed by atoms with Gasteiger partial charge in [-0.05, 0) is 111 Å². The van der Waals surface area contributed by atoms with Crippen molar-refractivity contribution in [1.82, 2.24) is 5.32 Å². The first-order valence-electron chi connectivity index (χ1n) is 24.1. The number of nitrogens with one attached hydrogen (secondary N) is 1. The van der Waals surface area contributed by atoms with Gasteiger partial charge in [0.1, 0.15) is 12.5 Å². The summed E-state index contributed by atoms with van der Waals surface area (Å²) in [6.07, 6.45) is 22.5. The molecule has 1 aliphatic carbocycles. The SMILES string of the molecule is C=CC1=C(C)C2=NC1=CC1=NC(=C(CC)/C1=C/[O-])C=C1N=C3C(=C1C)C(=O)[C@@H](C(=O)OC)C3=C1NC(=C2)[C@@H](C)[C@@H]1CCC(=O)OC/C=C(\C)CCC[C@H](C)CCC[C@H](C)CCCC(C)C.[Mg+2]. The molecule has 1 saturated heterocycles. The van der Waals surface area contributed by atoms with Gasteiger partial charge in [0.2, 0.25) is 0 Å². The average Bonchev–Trinajstić information content (AvgIpc) is 4.02. The van der Waals surface area contributed by atoms with Crippen molar-refractivity contribution in [3.05, 3.63) is 116 Å². The molecule has 5 atom stereocenters. The number of hydrogen-bond donors (Lipinski definition) is 1. The van der Waals surface area contributed by atoms with Gasteiger partial charge in [0.15, 0.2) is 5.78 Å². The van der Waals surface area contributed by atoms with E-state index in [4.69, 9.17) is 24.5 Å². The van der Waals surface area contributed by atoms with Crippen LogP contribution in [0.4, 0.5) is 0 Å². The molecule has 0 radical (unpaired) electrons. The standard InChI is InChI=1S/C55H72N4O6.Mg/c1-12-38-35(8)42-27-43-36(9)40(23-24-48(61)65-26-25-34(7)22-16-21-33(6)20-15-19-32(5)18-14-17-31(3)4)52(58-43)50-51(55(63)64-11)54(62)49-37(10)44(59-53(49)50)28-46-39(13-2)41(30-60)47(57-46)29-45(38)56-42;/h12,25,27-33,36,40,51,58,60H,1,13-24,26H2,2-11H3;/q;+2/p-1/b34-25+,41-30-,43-27?,44-28?,45-29?,52-50?;/t32-,33-,36+,40+,51+;/m1./s1. The van der Waals surface area contributed by atoms with E-state index < -0.39 is 11.9 Å². The van der Waals surface area contributed by atoms with Crippen LogP contribution in [0.2, 0.25) is 0 Å². The van der Waals surface area contributed by atoms with Crippen molar-refractivity contribution in [3.63, 3.8) is 0 Å². The number of nitrogens with zero attached hydrogens (tertiary/aromatic N) is 3. The Bertz CT molecular complexity index is 2360. The number of carbonyl (C=O) groups is 3. The smallest absolute Gasteiger partial charge is 0.877 e. The summed E-state index contributed by atoms with van der Waals surface area (Å²) in [7, 11) is 1.28. The van der Waals surface area contributed by atoms with Crippen LogP contribution in [0.3, 0.4) is 0 Å². The summed E-state index contributed by atoms with van der Waals surface area (Å²) in [5.41, 5.74) is 10.4. The molecule has 2 fully saturated rings. The van der Waals surface area contributed by atoms with E-state index in [1.54, 1.807) is 6.08 Å². The van der Waals surface area contributed by atoms with Crippen molar-refractivity contribution in [2.45, 2.75) is 139 Å². The molecule has 6 aliphatic rings. The van der Waals surface area contributed by atoms with Gasteiger partial charge in [0.25, 0.3) is 0 Å². The van der Waals surface area contributed by atoms with Crippen molar-refractivity contribution in [2.24, 2.45) is 50.5 Å². The van der Waals surface area contributed by atoms with Gasteiger partial charge < -0.3 is 19.9 Å². The van der Waals surface area contributed by atoms with Gasteiger partial charge >= 0.3 is 35.0 Å². The monoisotopic (exact) mass is 908 g/mol. The Hall–Kier alpha value is -4.61. The minimum Gasteiger partial charge on any atom is -0.877 e. The molecule has 10 nitrogen and oxygen atoms in total. The molecule has 5 heterocycles. The molecule has 0 unspecified atom stereocenters. The van der Waals surface area contributed by atoms with Gasteiger partial charge in [-0.1, -0.05) is 105 Å². The zero-order chi connectivity index (χ0) is 47.1. The van der Waals surface area contributed by atoms with Crippen molar-refractivity contribution in [2.75, 3.05) is 13.7 Å². The van der Waals surface area contributed by atoms with Crippen LogP contribution < -0.4 is 10.4 Å². The fourth-order valence-electron chi connectivity index (χ4n) is 10.1. The first kappa shape index (κ1) is 52.4. The van der Waals surface area contributed by atoms with E-state index in [9.17, 15) is 19.5 Å². The fraction of sp³-hybridized carbons (Fsp3) is 0.527. The summed E-state index contributed by atoms with van der Waals surface area (Å²) in [6.45, 7) is 23.6. The van der Waals surface area contributed by atoms with E-state index >= 15 is 0 Å². The maximum atomic E-state index is 14.4. The first-order valence-corrected chi connectivity index (χ1v) is 24.1. The largest absolute Gasteiger partial charge is 2.00 e. The Morgan fingerprint density at radius 2 is 1.59 bits per heavy atom. The number of ether oxygens (including phenoxy) is 2. The normalized spacial score (nSPS) is 22.8. The number of allylic oxidation sites excluding steroid dienone is 12. The second-order valence-electron chi connectivity index (χ2n) is 19.4. The van der Waals surface area contributed by atoms with E-state index in [-0.39, 0.29) is 59.7 Å². The summed E-state index contributed by atoms with van der Waals surface area (Å²) in [5.74, 6) is -0.781. The maximum absolute atomic E-state index is 14.4. The second kappa shape index (κ2) is 23.4. The number of hydrogen-bond acceptors (Lipinski definition) is 10. The summed E-state index contributed by atoms with van der Waals surface area (Å²) >= 11 is 0. The van der Waals surface area contributed by atoms with Crippen LogP contribution in [0.25, 0.3) is 0 Å². The van der Waals surface area contributed by atoms with Crippen LogP contribution in [0.15, 0.2) is 131 Å². The van der Waals surface area contributed by atoms with Crippen LogP contribution in [-0.2, 0) is 23.9 Å². The van der Waals surface area contributed by atoms with Crippen molar-refractivity contribution in [3.8, 4) is 0 Å². The average molecular weight is 908 g/mol. The van der Waals surface area contributed by atoms with Gasteiger partial charge in [0, 0.05) is 46.4 Å². The molecule has 11 heteroatoms. The molecule has 348 valence electrons. The third kappa shape index (κ3) is 11.6. The predicted octanol–water partition coefficient (Wildman–Crippen LogP) is 10.6. The number of rotatable bonds is 20. The third-order valence-electron chi connectivity index (χ3n) is 14.2.